The number of nitrogens with two attached hydrogens (primary N) is 2. The van der Waals surface area contributed by atoms with Gasteiger partial charge < -0.3 is 32.3 Å². The second-order valence-corrected chi connectivity index (χ2v) is 10.3. The summed E-state index contributed by atoms with van der Waals surface area (Å²) in [7, 11) is 0. The molecule has 2 unspecified atom stereocenters. The summed E-state index contributed by atoms with van der Waals surface area (Å²) < 4.78 is 63.5. The number of nitrogens with zero attached hydrogens (tertiary/aromatic N) is 3. The van der Waals surface area contributed by atoms with Gasteiger partial charge >= 0.3 is 24.3 Å². The summed E-state index contributed by atoms with van der Waals surface area (Å²) in [5.41, 5.74) is 13.1. The van der Waals surface area contributed by atoms with Crippen molar-refractivity contribution in [3.05, 3.63) is 29.6 Å². The predicted molar refractivity (Wildman–Crippen MR) is 152 cm³/mol. The van der Waals surface area contributed by atoms with E-state index in [1.54, 1.807) is 11.8 Å². The van der Waals surface area contributed by atoms with Gasteiger partial charge in [0.05, 0.1) is 17.6 Å². The van der Waals surface area contributed by atoms with Gasteiger partial charge in [0.25, 0.3) is 5.91 Å². The first-order chi connectivity index (χ1) is 20.4. The summed E-state index contributed by atoms with van der Waals surface area (Å²) in [5, 5.41) is 21.6. The summed E-state index contributed by atoms with van der Waals surface area (Å²) >= 11 is 1.76. The minimum absolute atomic E-state index is 0.0117. The third kappa shape index (κ3) is 13.5. The van der Waals surface area contributed by atoms with Crippen molar-refractivity contribution in [2.45, 2.75) is 63.5 Å². The number of guanidine groups is 1. The fourth-order valence-electron chi connectivity index (χ4n) is 3.75. The molecule has 1 saturated carbocycles. The van der Waals surface area contributed by atoms with Gasteiger partial charge in [0.15, 0.2) is 5.96 Å². The largest absolute Gasteiger partial charge is 0.490 e. The molecule has 1 aromatic heterocycles. The van der Waals surface area contributed by atoms with Gasteiger partial charge in [0.1, 0.15) is 5.82 Å². The van der Waals surface area contributed by atoms with E-state index in [2.05, 4.69) is 31.8 Å². The lowest BCUT2D eigenvalue weighted by atomic mass is 9.90. The van der Waals surface area contributed by atoms with Gasteiger partial charge in [-0.15, -0.1) is 0 Å². The highest BCUT2D eigenvalue weighted by Crippen LogP contribution is 2.28. The van der Waals surface area contributed by atoms with Crippen molar-refractivity contribution in [2.75, 3.05) is 23.9 Å². The number of alkyl halides is 6. The molecule has 1 aliphatic carbocycles. The Morgan fingerprint density at radius 1 is 1.02 bits per heavy atom. The number of carbonyl (C=O) groups is 3. The van der Waals surface area contributed by atoms with Crippen LogP contribution in [0.25, 0.3) is 10.9 Å². The molecule has 3 rings (SSSR count). The van der Waals surface area contributed by atoms with Gasteiger partial charge in [-0.05, 0) is 50.3 Å². The lowest BCUT2D eigenvalue weighted by molar-refractivity contribution is -0.193. The number of carboxylic acid groups (broad SMARTS) is 2. The number of aryl methyl sites for hydroxylation is 1. The Morgan fingerprint density at radius 3 is 2.11 bits per heavy atom. The molecule has 2 aromatic rings. The maximum Gasteiger partial charge on any atom is 0.490 e. The zero-order valence-corrected chi connectivity index (χ0v) is 24.4. The smallest absolute Gasteiger partial charge is 0.475 e. The molecule has 12 nitrogen and oxygen atoms in total. The van der Waals surface area contributed by atoms with Crippen molar-refractivity contribution in [2.24, 2.45) is 16.5 Å². The number of aliphatic carboxylic acids is 2. The Kier molecular flexibility index (Phi) is 14.9. The van der Waals surface area contributed by atoms with Crippen LogP contribution in [0.4, 0.5) is 32.2 Å². The molecule has 8 N–H and O–H groups in total. The van der Waals surface area contributed by atoms with E-state index in [9.17, 15) is 31.1 Å². The number of anilines is 1. The van der Waals surface area contributed by atoms with Crippen molar-refractivity contribution in [3.8, 4) is 0 Å². The van der Waals surface area contributed by atoms with E-state index in [1.807, 2.05) is 25.1 Å². The Bertz CT molecular complexity index is 1280. The SMILES string of the molecule is CSCCCNC(=O)c1nc(NC2CCCCC2N=C(N)N)c2cc(C)ccc2n1.O=C(O)C(F)(F)F.O=C(O)C(F)(F)F. The fourth-order valence-corrected chi connectivity index (χ4v) is 4.19. The maximum atomic E-state index is 12.6. The Hall–Kier alpha value is -4.03. The van der Waals surface area contributed by atoms with E-state index in [1.165, 1.54) is 0 Å². The molecule has 1 aliphatic rings. The lowest BCUT2D eigenvalue weighted by Gasteiger charge is -2.30. The van der Waals surface area contributed by atoms with Crippen molar-refractivity contribution in [1.29, 1.82) is 0 Å². The van der Waals surface area contributed by atoms with Crippen molar-refractivity contribution < 1.29 is 50.9 Å². The molecule has 2 atom stereocenters. The monoisotopic (exact) mass is 657 g/mol. The highest BCUT2D eigenvalue weighted by Gasteiger charge is 2.39. The number of benzene rings is 1. The normalized spacial score (nSPS) is 16.4. The number of hydrogen-bond acceptors (Lipinski definition) is 8. The first-order valence-electron chi connectivity index (χ1n) is 12.9. The maximum absolute atomic E-state index is 12.6. The quantitative estimate of drug-likeness (QED) is 0.105. The molecule has 44 heavy (non-hydrogen) atoms. The van der Waals surface area contributed by atoms with Gasteiger partial charge in [-0.2, -0.15) is 38.1 Å². The van der Waals surface area contributed by atoms with Gasteiger partial charge in [-0.1, -0.05) is 24.5 Å². The number of thioether (sulfide) groups is 1. The summed E-state index contributed by atoms with van der Waals surface area (Å²) in [6.07, 6.45) is -3.16. The lowest BCUT2D eigenvalue weighted by Crippen LogP contribution is -2.38. The van der Waals surface area contributed by atoms with Crippen LogP contribution in [-0.2, 0) is 9.59 Å². The van der Waals surface area contributed by atoms with Gasteiger partial charge in [-0.25, -0.2) is 24.5 Å². The zero-order chi connectivity index (χ0) is 33.7. The minimum atomic E-state index is -5.08. The highest BCUT2D eigenvalue weighted by atomic mass is 32.2. The van der Waals surface area contributed by atoms with E-state index in [-0.39, 0.29) is 29.8 Å². The van der Waals surface area contributed by atoms with Crippen LogP contribution in [-0.4, -0.2) is 87.0 Å². The molecule has 0 radical (unpaired) electrons. The van der Waals surface area contributed by atoms with E-state index in [0.29, 0.717) is 12.4 Å². The molecule has 1 amide bonds. The standard InChI is InChI=1S/C21H31N7OS.2C2HF3O2/c1-13-8-9-15-14(12-13)18(26-16-6-3-4-7-17(16)27-21(22)23)28-19(25-15)20(29)24-10-5-11-30-2;2*3-2(4,5)1(6)7/h8-9,12,16-17H,3-7,10-11H2,1-2H3,(H,24,29)(H4,22,23,27)(H,25,26,28);2*(H,6,7). The van der Waals surface area contributed by atoms with Crippen LogP contribution >= 0.6 is 11.8 Å². The number of halogens is 6. The summed E-state index contributed by atoms with van der Waals surface area (Å²) in [6.45, 7) is 2.63. The molecule has 0 saturated heterocycles. The summed E-state index contributed by atoms with van der Waals surface area (Å²) in [4.78, 5) is 43.9. The number of hydrogen-bond donors (Lipinski definition) is 6. The molecule has 1 aromatic carbocycles. The first-order valence-corrected chi connectivity index (χ1v) is 14.3. The second kappa shape index (κ2) is 17.3. The van der Waals surface area contributed by atoms with Crippen LogP contribution in [0.1, 0.15) is 48.3 Å². The first kappa shape index (κ1) is 38.0. The van der Waals surface area contributed by atoms with Crippen LogP contribution in [0, 0.1) is 6.92 Å². The number of aromatic nitrogens is 2. The van der Waals surface area contributed by atoms with Crippen molar-refractivity contribution in [3.63, 3.8) is 0 Å². The predicted octanol–water partition coefficient (Wildman–Crippen LogP) is 3.68. The second-order valence-electron chi connectivity index (χ2n) is 9.28. The van der Waals surface area contributed by atoms with Crippen LogP contribution < -0.4 is 22.1 Å². The number of nitrogens with one attached hydrogen (secondary N) is 2. The third-order valence-corrected chi connectivity index (χ3v) is 6.41. The molecule has 0 bridgehead atoms. The molecule has 1 heterocycles. The number of fused-ring (bicyclic) bond motifs is 1. The van der Waals surface area contributed by atoms with Gasteiger partial charge in [0, 0.05) is 11.9 Å². The van der Waals surface area contributed by atoms with E-state index < -0.39 is 24.3 Å². The van der Waals surface area contributed by atoms with Crippen LogP contribution in [0.15, 0.2) is 23.2 Å². The van der Waals surface area contributed by atoms with E-state index in [0.717, 1.165) is 54.3 Å². The fraction of sp³-hybridized carbons (Fsp3) is 0.520. The number of carbonyl (C=O) groups excluding carboxylic acids is 1. The topological polar surface area (TPSA) is 206 Å². The number of carboxylic acids is 2. The molecule has 1 fully saturated rings. The van der Waals surface area contributed by atoms with Gasteiger partial charge in [-0.3, -0.25) is 4.79 Å². The average Bonchev–Trinajstić information content (AvgIpc) is 2.91. The number of amides is 1. The van der Waals surface area contributed by atoms with Crippen LogP contribution in [0.5, 0.6) is 0 Å². The third-order valence-electron chi connectivity index (χ3n) is 5.72. The van der Waals surface area contributed by atoms with Crippen LogP contribution in [0.2, 0.25) is 0 Å². The molecular weight excluding hydrogens is 624 g/mol. The van der Waals surface area contributed by atoms with Crippen molar-refractivity contribution in [1.82, 2.24) is 15.3 Å². The zero-order valence-electron chi connectivity index (χ0n) is 23.6. The molecule has 19 heteroatoms. The number of aliphatic imine (C=N–C) groups is 1. The van der Waals surface area contributed by atoms with E-state index >= 15 is 0 Å². The highest BCUT2D eigenvalue weighted by molar-refractivity contribution is 7.98. The molecule has 0 spiro atoms. The minimum Gasteiger partial charge on any atom is -0.475 e. The molecule has 246 valence electrons. The summed E-state index contributed by atoms with van der Waals surface area (Å²) in [5.74, 6) is -3.85. The molecule has 0 aliphatic heterocycles. The Morgan fingerprint density at radius 2 is 1.59 bits per heavy atom. The van der Waals surface area contributed by atoms with Crippen LogP contribution in [0.3, 0.4) is 0 Å². The average molecular weight is 658 g/mol. The Labute approximate surface area is 252 Å². The van der Waals surface area contributed by atoms with Gasteiger partial charge in [0.2, 0.25) is 5.82 Å². The summed E-state index contributed by atoms with van der Waals surface area (Å²) in [6, 6.07) is 5.99. The van der Waals surface area contributed by atoms with Crippen molar-refractivity contribution >= 4 is 52.3 Å². The Balaban J connectivity index is 0.000000574. The van der Waals surface area contributed by atoms with E-state index in [4.69, 9.17) is 31.3 Å². The number of rotatable bonds is 8. The molecular formula is C25H33F6N7O5S.